The zero-order valence-corrected chi connectivity index (χ0v) is 7.96. The predicted octanol–water partition coefficient (Wildman–Crippen LogP) is 0.688. The Morgan fingerprint density at radius 3 is 2.85 bits per heavy atom. The molecular weight excluding hydrogens is 172 g/mol. The van der Waals surface area contributed by atoms with E-state index in [2.05, 4.69) is 4.74 Å². The molecule has 4 nitrogen and oxygen atoms in total. The Morgan fingerprint density at radius 1 is 1.69 bits per heavy atom. The van der Waals surface area contributed by atoms with Gasteiger partial charge in [-0.2, -0.15) is 0 Å². The highest BCUT2D eigenvalue weighted by molar-refractivity contribution is 5.89. The minimum atomic E-state index is -0.756. The van der Waals surface area contributed by atoms with E-state index in [1.54, 1.807) is 6.92 Å². The monoisotopic (exact) mass is 186 g/mol. The fourth-order valence-electron chi connectivity index (χ4n) is 1.37. The fraction of sp³-hybridized carbons (Fsp3) is 0.778. The third-order valence-electron chi connectivity index (χ3n) is 2.37. The summed E-state index contributed by atoms with van der Waals surface area (Å²) in [7, 11) is 1.34. The van der Waals surface area contributed by atoms with Crippen LogP contribution in [0.2, 0.25) is 0 Å². The Morgan fingerprint density at radius 2 is 2.38 bits per heavy atom. The summed E-state index contributed by atoms with van der Waals surface area (Å²) in [6, 6.07) is 0. The van der Waals surface area contributed by atoms with E-state index in [1.807, 2.05) is 0 Å². The summed E-state index contributed by atoms with van der Waals surface area (Å²) in [6.07, 6.45) is 1.11. The highest BCUT2D eigenvalue weighted by Crippen LogP contribution is 2.26. The van der Waals surface area contributed by atoms with Crippen LogP contribution in [0.1, 0.15) is 26.2 Å². The van der Waals surface area contributed by atoms with E-state index >= 15 is 0 Å². The molecule has 0 aromatic carbocycles. The summed E-state index contributed by atoms with van der Waals surface area (Å²) >= 11 is 0. The topological polar surface area (TPSA) is 52.6 Å². The van der Waals surface area contributed by atoms with Crippen molar-refractivity contribution < 1.29 is 19.1 Å². The lowest BCUT2D eigenvalue weighted by molar-refractivity contribution is -0.143. The van der Waals surface area contributed by atoms with E-state index in [0.717, 1.165) is 0 Å². The maximum Gasteiger partial charge on any atom is 0.305 e. The molecule has 0 unspecified atom stereocenters. The van der Waals surface area contributed by atoms with Crippen LogP contribution in [0.4, 0.5) is 0 Å². The Labute approximate surface area is 77.2 Å². The SMILES string of the molecule is COC(=O)CC[C@]1(C)OCCC1=O. The van der Waals surface area contributed by atoms with Gasteiger partial charge in [0.05, 0.1) is 13.7 Å². The van der Waals surface area contributed by atoms with Crippen molar-refractivity contribution in [1.82, 2.24) is 0 Å². The van der Waals surface area contributed by atoms with Crippen LogP contribution in [-0.4, -0.2) is 31.1 Å². The van der Waals surface area contributed by atoms with Crippen molar-refractivity contribution in [1.29, 1.82) is 0 Å². The molecule has 1 rings (SSSR count). The number of carbonyl (C=O) groups is 2. The van der Waals surface area contributed by atoms with Crippen LogP contribution in [0.5, 0.6) is 0 Å². The normalized spacial score (nSPS) is 27.7. The molecule has 13 heavy (non-hydrogen) atoms. The minimum Gasteiger partial charge on any atom is -0.469 e. The maximum absolute atomic E-state index is 11.3. The molecule has 0 radical (unpaired) electrons. The average molecular weight is 186 g/mol. The third kappa shape index (κ3) is 2.28. The van der Waals surface area contributed by atoms with Crippen LogP contribution < -0.4 is 0 Å². The summed E-state index contributed by atoms with van der Waals surface area (Å²) in [4.78, 5) is 22.1. The lowest BCUT2D eigenvalue weighted by Gasteiger charge is -2.20. The lowest BCUT2D eigenvalue weighted by atomic mass is 9.95. The molecule has 1 fully saturated rings. The first-order valence-corrected chi connectivity index (χ1v) is 4.32. The van der Waals surface area contributed by atoms with Gasteiger partial charge in [-0.1, -0.05) is 0 Å². The second-order valence-corrected chi connectivity index (χ2v) is 3.33. The van der Waals surface area contributed by atoms with Gasteiger partial charge in [0.25, 0.3) is 0 Å². The lowest BCUT2D eigenvalue weighted by Crippen LogP contribution is -2.32. The molecule has 0 spiro atoms. The third-order valence-corrected chi connectivity index (χ3v) is 2.37. The zero-order valence-electron chi connectivity index (χ0n) is 7.96. The summed E-state index contributed by atoms with van der Waals surface area (Å²) in [5, 5.41) is 0. The molecule has 0 aliphatic carbocycles. The molecular formula is C9H14O4. The number of hydrogen-bond donors (Lipinski definition) is 0. The number of ketones is 1. The standard InChI is InChI=1S/C9H14O4/c1-9(5-3-8(11)12-2)7(10)4-6-13-9/h3-6H2,1-2H3/t9-/m0/s1. The number of hydrogen-bond acceptors (Lipinski definition) is 4. The van der Waals surface area contributed by atoms with Crippen molar-refractivity contribution in [2.45, 2.75) is 31.8 Å². The summed E-state index contributed by atoms with van der Waals surface area (Å²) in [5.41, 5.74) is -0.756. The first-order chi connectivity index (χ1) is 6.08. The first kappa shape index (κ1) is 10.2. The number of carbonyl (C=O) groups excluding carboxylic acids is 2. The molecule has 0 saturated carbocycles. The molecule has 0 aromatic heterocycles. The Kier molecular flexibility index (Phi) is 3.03. The van der Waals surface area contributed by atoms with Crippen molar-refractivity contribution >= 4 is 11.8 Å². The second kappa shape index (κ2) is 3.87. The van der Waals surface area contributed by atoms with Gasteiger partial charge in [0.15, 0.2) is 5.78 Å². The van der Waals surface area contributed by atoms with E-state index in [-0.39, 0.29) is 18.2 Å². The van der Waals surface area contributed by atoms with Crippen LogP contribution >= 0.6 is 0 Å². The Bertz CT molecular complexity index is 224. The van der Waals surface area contributed by atoms with Crippen LogP contribution in [0.3, 0.4) is 0 Å². The Hall–Kier alpha value is -0.900. The smallest absolute Gasteiger partial charge is 0.305 e. The van der Waals surface area contributed by atoms with E-state index in [1.165, 1.54) is 7.11 Å². The summed E-state index contributed by atoms with van der Waals surface area (Å²) in [5.74, 6) is -0.221. The molecule has 1 saturated heterocycles. The van der Waals surface area contributed by atoms with E-state index in [9.17, 15) is 9.59 Å². The Balaban J connectivity index is 2.43. The number of rotatable bonds is 3. The van der Waals surface area contributed by atoms with Gasteiger partial charge in [0.1, 0.15) is 5.60 Å². The first-order valence-electron chi connectivity index (χ1n) is 4.32. The second-order valence-electron chi connectivity index (χ2n) is 3.33. The molecule has 1 aliphatic rings. The molecule has 4 heteroatoms. The number of ether oxygens (including phenoxy) is 2. The van der Waals surface area contributed by atoms with Gasteiger partial charge in [-0.05, 0) is 13.3 Å². The molecule has 1 aliphatic heterocycles. The van der Waals surface area contributed by atoms with Crippen LogP contribution in [0, 0.1) is 0 Å². The quantitative estimate of drug-likeness (QED) is 0.608. The van der Waals surface area contributed by atoms with E-state index in [4.69, 9.17) is 4.74 Å². The highest BCUT2D eigenvalue weighted by atomic mass is 16.5. The number of Topliss-reactive ketones (excluding diaryl/α,β-unsaturated/α-hetero) is 1. The summed E-state index contributed by atoms with van der Waals surface area (Å²) in [6.45, 7) is 2.20. The molecule has 0 amide bonds. The summed E-state index contributed by atoms with van der Waals surface area (Å²) < 4.78 is 9.77. The van der Waals surface area contributed by atoms with Crippen molar-refractivity contribution in [2.24, 2.45) is 0 Å². The van der Waals surface area contributed by atoms with Gasteiger partial charge in [-0.3, -0.25) is 9.59 Å². The molecule has 0 bridgehead atoms. The largest absolute Gasteiger partial charge is 0.469 e. The molecule has 0 N–H and O–H groups in total. The van der Waals surface area contributed by atoms with Crippen LogP contribution in [-0.2, 0) is 19.1 Å². The number of methoxy groups -OCH3 is 1. The molecule has 74 valence electrons. The molecule has 0 aromatic rings. The molecule has 1 heterocycles. The maximum atomic E-state index is 11.3. The average Bonchev–Trinajstić information content (AvgIpc) is 2.44. The van der Waals surface area contributed by atoms with Crippen molar-refractivity contribution in [3.8, 4) is 0 Å². The fourth-order valence-corrected chi connectivity index (χ4v) is 1.37. The van der Waals surface area contributed by atoms with Gasteiger partial charge in [0, 0.05) is 12.8 Å². The van der Waals surface area contributed by atoms with Crippen LogP contribution in [0.25, 0.3) is 0 Å². The highest BCUT2D eigenvalue weighted by Gasteiger charge is 2.38. The van der Waals surface area contributed by atoms with Gasteiger partial charge in [-0.25, -0.2) is 0 Å². The van der Waals surface area contributed by atoms with Crippen molar-refractivity contribution in [3.63, 3.8) is 0 Å². The van der Waals surface area contributed by atoms with Crippen molar-refractivity contribution in [3.05, 3.63) is 0 Å². The van der Waals surface area contributed by atoms with Crippen molar-refractivity contribution in [2.75, 3.05) is 13.7 Å². The number of esters is 1. The minimum absolute atomic E-state index is 0.0800. The predicted molar refractivity (Wildman–Crippen MR) is 45.2 cm³/mol. The van der Waals surface area contributed by atoms with Gasteiger partial charge in [0.2, 0.25) is 0 Å². The van der Waals surface area contributed by atoms with Crippen LogP contribution in [0.15, 0.2) is 0 Å². The van der Waals surface area contributed by atoms with E-state index < -0.39 is 5.60 Å². The van der Waals surface area contributed by atoms with E-state index in [0.29, 0.717) is 19.4 Å². The zero-order chi connectivity index (χ0) is 9.90. The van der Waals surface area contributed by atoms with Gasteiger partial charge >= 0.3 is 5.97 Å². The van der Waals surface area contributed by atoms with Gasteiger partial charge in [-0.15, -0.1) is 0 Å². The van der Waals surface area contributed by atoms with Gasteiger partial charge < -0.3 is 9.47 Å². The molecule has 1 atom stereocenters.